The first kappa shape index (κ1) is 26.0. The standard InChI is InChI=1S/C27H31BrN2O3S/c1-19-9-15-25(16-10-19)34(32,33)30(24-8-6-7-23(28)17-24)18-26(31)29-20(2)21-11-13-22(14-12-21)27(3,4)5/h6-17,20H,18H2,1-5H3,(H,29,31)/t20-/m1/s1. The van der Waals surface area contributed by atoms with Crippen molar-refractivity contribution in [3.63, 3.8) is 0 Å². The van der Waals surface area contributed by atoms with Crippen LogP contribution in [0.2, 0.25) is 0 Å². The normalized spacial score (nSPS) is 12.8. The first-order valence-corrected chi connectivity index (χ1v) is 13.4. The highest BCUT2D eigenvalue weighted by Crippen LogP contribution is 2.27. The van der Waals surface area contributed by atoms with Gasteiger partial charge in [0.1, 0.15) is 6.54 Å². The van der Waals surface area contributed by atoms with Crippen molar-refractivity contribution in [2.75, 3.05) is 10.8 Å². The number of carbonyl (C=O) groups excluding carboxylic acids is 1. The third kappa shape index (κ3) is 6.27. The first-order valence-electron chi connectivity index (χ1n) is 11.1. The molecular weight excluding hydrogens is 512 g/mol. The molecule has 0 spiro atoms. The van der Waals surface area contributed by atoms with Gasteiger partial charge in [-0.2, -0.15) is 0 Å². The molecule has 1 amide bonds. The van der Waals surface area contributed by atoms with Gasteiger partial charge in [0.05, 0.1) is 16.6 Å². The quantitative estimate of drug-likeness (QED) is 0.390. The third-order valence-corrected chi connectivity index (χ3v) is 7.93. The number of amides is 1. The van der Waals surface area contributed by atoms with Crippen molar-refractivity contribution in [2.45, 2.75) is 51.0 Å². The smallest absolute Gasteiger partial charge is 0.264 e. The van der Waals surface area contributed by atoms with E-state index >= 15 is 0 Å². The van der Waals surface area contributed by atoms with Gasteiger partial charge in [0, 0.05) is 4.47 Å². The molecule has 34 heavy (non-hydrogen) atoms. The highest BCUT2D eigenvalue weighted by molar-refractivity contribution is 9.10. The van der Waals surface area contributed by atoms with E-state index in [1.54, 1.807) is 42.5 Å². The highest BCUT2D eigenvalue weighted by Gasteiger charge is 2.28. The van der Waals surface area contributed by atoms with Crippen LogP contribution in [0.4, 0.5) is 5.69 Å². The molecule has 180 valence electrons. The fourth-order valence-electron chi connectivity index (χ4n) is 3.56. The van der Waals surface area contributed by atoms with Gasteiger partial charge in [-0.05, 0) is 60.7 Å². The number of carbonyl (C=O) groups is 1. The van der Waals surface area contributed by atoms with Crippen LogP contribution in [-0.4, -0.2) is 20.9 Å². The molecule has 0 aliphatic heterocycles. The van der Waals surface area contributed by atoms with E-state index in [0.717, 1.165) is 19.9 Å². The number of halogens is 1. The predicted molar refractivity (Wildman–Crippen MR) is 142 cm³/mol. The number of nitrogens with one attached hydrogen (secondary N) is 1. The second-order valence-electron chi connectivity index (χ2n) is 9.47. The second-order valence-corrected chi connectivity index (χ2v) is 12.2. The Labute approximate surface area is 211 Å². The van der Waals surface area contributed by atoms with Crippen molar-refractivity contribution in [2.24, 2.45) is 0 Å². The monoisotopic (exact) mass is 542 g/mol. The van der Waals surface area contributed by atoms with Gasteiger partial charge < -0.3 is 5.32 Å². The minimum Gasteiger partial charge on any atom is -0.348 e. The molecule has 7 heteroatoms. The van der Waals surface area contributed by atoms with Crippen molar-refractivity contribution in [1.82, 2.24) is 5.32 Å². The van der Waals surface area contributed by atoms with Gasteiger partial charge in [0.15, 0.2) is 0 Å². The molecule has 1 N–H and O–H groups in total. The van der Waals surface area contributed by atoms with Crippen LogP contribution in [0.25, 0.3) is 0 Å². The molecule has 0 saturated carbocycles. The summed E-state index contributed by atoms with van der Waals surface area (Å²) in [6.45, 7) is 9.90. The molecule has 0 aliphatic carbocycles. The molecule has 0 heterocycles. The summed E-state index contributed by atoms with van der Waals surface area (Å²) in [5.74, 6) is -0.386. The lowest BCUT2D eigenvalue weighted by Gasteiger charge is -2.25. The Morgan fingerprint density at radius 2 is 1.62 bits per heavy atom. The summed E-state index contributed by atoms with van der Waals surface area (Å²) in [6, 6.07) is 21.4. The Balaban J connectivity index is 1.85. The number of sulfonamides is 1. The average Bonchev–Trinajstić information content (AvgIpc) is 2.77. The number of hydrogen-bond acceptors (Lipinski definition) is 3. The Bertz CT molecular complexity index is 1250. The van der Waals surface area contributed by atoms with Crippen molar-refractivity contribution >= 4 is 37.5 Å². The summed E-state index contributed by atoms with van der Waals surface area (Å²) >= 11 is 3.40. The summed E-state index contributed by atoms with van der Waals surface area (Å²) in [6.07, 6.45) is 0. The lowest BCUT2D eigenvalue weighted by Crippen LogP contribution is -2.41. The Kier molecular flexibility index (Phi) is 7.88. The molecule has 3 aromatic carbocycles. The summed E-state index contributed by atoms with van der Waals surface area (Å²) < 4.78 is 28.9. The zero-order valence-corrected chi connectivity index (χ0v) is 22.6. The molecule has 0 aromatic heterocycles. The van der Waals surface area contributed by atoms with E-state index in [2.05, 4.69) is 54.2 Å². The van der Waals surface area contributed by atoms with Crippen LogP contribution in [0.3, 0.4) is 0 Å². The van der Waals surface area contributed by atoms with Crippen molar-refractivity contribution in [1.29, 1.82) is 0 Å². The predicted octanol–water partition coefficient (Wildman–Crippen LogP) is 6.13. The van der Waals surface area contributed by atoms with Gasteiger partial charge in [-0.15, -0.1) is 0 Å². The maximum Gasteiger partial charge on any atom is 0.264 e. The number of hydrogen-bond donors (Lipinski definition) is 1. The fraction of sp³-hybridized carbons (Fsp3) is 0.296. The van der Waals surface area contributed by atoms with E-state index in [0.29, 0.717) is 5.69 Å². The maximum absolute atomic E-state index is 13.5. The third-order valence-electron chi connectivity index (χ3n) is 5.65. The number of anilines is 1. The van der Waals surface area contributed by atoms with Gasteiger partial charge in [-0.1, -0.05) is 84.7 Å². The number of rotatable bonds is 7. The SMILES string of the molecule is Cc1ccc(S(=O)(=O)N(CC(=O)N[C@H](C)c2ccc(C(C)(C)C)cc2)c2cccc(Br)c2)cc1. The van der Waals surface area contributed by atoms with Gasteiger partial charge in [-0.25, -0.2) is 8.42 Å². The molecule has 3 aromatic rings. The van der Waals surface area contributed by atoms with Crippen LogP contribution in [-0.2, 0) is 20.2 Å². The highest BCUT2D eigenvalue weighted by atomic mass is 79.9. The van der Waals surface area contributed by atoms with E-state index in [1.807, 2.05) is 32.0 Å². The van der Waals surface area contributed by atoms with Crippen LogP contribution in [0.1, 0.15) is 50.4 Å². The molecule has 0 radical (unpaired) electrons. The first-order chi connectivity index (χ1) is 15.9. The number of aryl methyl sites for hydroxylation is 1. The van der Waals surface area contributed by atoms with Crippen LogP contribution in [0.5, 0.6) is 0 Å². The minimum atomic E-state index is -3.95. The van der Waals surface area contributed by atoms with Crippen LogP contribution < -0.4 is 9.62 Å². The van der Waals surface area contributed by atoms with E-state index < -0.39 is 10.0 Å². The zero-order chi connectivity index (χ0) is 25.1. The largest absolute Gasteiger partial charge is 0.348 e. The molecule has 0 aliphatic rings. The van der Waals surface area contributed by atoms with E-state index in [4.69, 9.17) is 0 Å². The Hall–Kier alpha value is -2.64. The van der Waals surface area contributed by atoms with Gasteiger partial charge in [-0.3, -0.25) is 9.10 Å². The number of nitrogens with zero attached hydrogens (tertiary/aromatic N) is 1. The molecule has 0 saturated heterocycles. The summed E-state index contributed by atoms with van der Waals surface area (Å²) in [5, 5.41) is 2.95. The van der Waals surface area contributed by atoms with Crippen molar-refractivity contribution in [3.05, 3.63) is 94.0 Å². The average molecular weight is 544 g/mol. The lowest BCUT2D eigenvalue weighted by atomic mass is 9.86. The Morgan fingerprint density at radius 3 is 2.18 bits per heavy atom. The van der Waals surface area contributed by atoms with E-state index in [9.17, 15) is 13.2 Å². The Morgan fingerprint density at radius 1 is 1.00 bits per heavy atom. The van der Waals surface area contributed by atoms with Crippen LogP contribution in [0.15, 0.2) is 82.2 Å². The van der Waals surface area contributed by atoms with E-state index in [1.165, 1.54) is 5.56 Å². The number of benzene rings is 3. The second kappa shape index (κ2) is 10.3. The van der Waals surface area contributed by atoms with Gasteiger partial charge in [0.2, 0.25) is 5.91 Å². The van der Waals surface area contributed by atoms with Gasteiger partial charge >= 0.3 is 0 Å². The molecule has 1 atom stereocenters. The molecule has 3 rings (SSSR count). The van der Waals surface area contributed by atoms with Crippen molar-refractivity contribution in [3.8, 4) is 0 Å². The molecule has 0 unspecified atom stereocenters. The lowest BCUT2D eigenvalue weighted by molar-refractivity contribution is -0.120. The topological polar surface area (TPSA) is 66.5 Å². The summed E-state index contributed by atoms with van der Waals surface area (Å²) in [4.78, 5) is 13.2. The summed E-state index contributed by atoms with van der Waals surface area (Å²) in [5.41, 5.74) is 3.57. The summed E-state index contributed by atoms with van der Waals surface area (Å²) in [7, 11) is -3.95. The molecule has 0 bridgehead atoms. The fourth-order valence-corrected chi connectivity index (χ4v) is 5.36. The molecular formula is C27H31BrN2O3S. The molecule has 0 fully saturated rings. The molecule has 5 nitrogen and oxygen atoms in total. The zero-order valence-electron chi connectivity index (χ0n) is 20.2. The van der Waals surface area contributed by atoms with Crippen LogP contribution >= 0.6 is 15.9 Å². The van der Waals surface area contributed by atoms with Crippen LogP contribution in [0, 0.1) is 6.92 Å². The maximum atomic E-state index is 13.5. The van der Waals surface area contributed by atoms with Gasteiger partial charge in [0.25, 0.3) is 10.0 Å². The van der Waals surface area contributed by atoms with Crippen molar-refractivity contribution < 1.29 is 13.2 Å². The minimum absolute atomic E-state index is 0.0415. The van der Waals surface area contributed by atoms with E-state index in [-0.39, 0.29) is 28.8 Å².